The van der Waals surface area contributed by atoms with Crippen LogP contribution in [0.3, 0.4) is 0 Å². The molecule has 0 rings (SSSR count). The van der Waals surface area contributed by atoms with Crippen LogP contribution in [0, 0.1) is 5.92 Å². The van der Waals surface area contributed by atoms with Gasteiger partial charge in [-0.1, -0.05) is 59.8 Å². The van der Waals surface area contributed by atoms with Gasteiger partial charge in [0, 0.05) is 12.5 Å². The van der Waals surface area contributed by atoms with E-state index in [0.29, 0.717) is 5.78 Å². The Labute approximate surface area is 120 Å². The summed E-state index contributed by atoms with van der Waals surface area (Å²) in [7, 11) is 0. The molecule has 19 heavy (non-hydrogen) atoms. The first kappa shape index (κ1) is 18.6. The highest BCUT2D eigenvalue weighted by Crippen LogP contribution is 2.18. The maximum atomic E-state index is 12.4. The van der Waals surface area contributed by atoms with E-state index in [1.54, 1.807) is 0 Å². The molecule has 2 atom stereocenters. The quantitative estimate of drug-likeness (QED) is 0.433. The SMILES string of the molecule is CCCCCCOC(CC)C(=O)C(CC)CCCC. The monoisotopic (exact) mass is 270 g/mol. The van der Waals surface area contributed by atoms with Gasteiger partial charge in [-0.05, 0) is 25.7 Å². The summed E-state index contributed by atoms with van der Waals surface area (Å²) in [5.41, 5.74) is 0. The molecular weight excluding hydrogens is 236 g/mol. The number of unbranched alkanes of at least 4 members (excludes halogenated alkanes) is 4. The third kappa shape index (κ3) is 8.41. The standard InChI is InChI=1S/C17H34O2/c1-5-9-11-12-14-19-16(8-4)17(18)15(7-3)13-10-6-2/h15-16H,5-14H2,1-4H3. The minimum Gasteiger partial charge on any atom is -0.370 e. The fourth-order valence-corrected chi connectivity index (χ4v) is 2.42. The molecule has 0 aromatic heterocycles. The van der Waals surface area contributed by atoms with Gasteiger partial charge in [0.1, 0.15) is 6.10 Å². The topological polar surface area (TPSA) is 26.3 Å². The lowest BCUT2D eigenvalue weighted by Crippen LogP contribution is -2.30. The van der Waals surface area contributed by atoms with E-state index >= 15 is 0 Å². The van der Waals surface area contributed by atoms with Gasteiger partial charge in [-0.25, -0.2) is 0 Å². The molecule has 0 heterocycles. The average molecular weight is 270 g/mol. The van der Waals surface area contributed by atoms with Crippen LogP contribution in [0.1, 0.15) is 85.5 Å². The van der Waals surface area contributed by atoms with Crippen molar-refractivity contribution < 1.29 is 9.53 Å². The predicted octanol–water partition coefficient (Wildman–Crippen LogP) is 5.15. The molecule has 0 aliphatic heterocycles. The lowest BCUT2D eigenvalue weighted by molar-refractivity contribution is -0.135. The van der Waals surface area contributed by atoms with E-state index in [1.165, 1.54) is 25.7 Å². The lowest BCUT2D eigenvalue weighted by Gasteiger charge is -2.21. The molecule has 0 radical (unpaired) electrons. The van der Waals surface area contributed by atoms with Crippen LogP contribution in [0.4, 0.5) is 0 Å². The highest BCUT2D eigenvalue weighted by molar-refractivity contribution is 5.85. The van der Waals surface area contributed by atoms with Crippen molar-refractivity contribution in [3.05, 3.63) is 0 Å². The smallest absolute Gasteiger partial charge is 0.164 e. The first-order valence-electron chi connectivity index (χ1n) is 8.36. The van der Waals surface area contributed by atoms with E-state index in [4.69, 9.17) is 4.74 Å². The van der Waals surface area contributed by atoms with Crippen molar-refractivity contribution in [2.24, 2.45) is 5.92 Å². The number of hydrogen-bond donors (Lipinski definition) is 0. The molecule has 0 aliphatic rings. The Morgan fingerprint density at radius 1 is 0.895 bits per heavy atom. The minimum absolute atomic E-state index is 0.163. The summed E-state index contributed by atoms with van der Waals surface area (Å²) >= 11 is 0. The van der Waals surface area contributed by atoms with Crippen LogP contribution in [0.25, 0.3) is 0 Å². The van der Waals surface area contributed by atoms with Gasteiger partial charge in [0.15, 0.2) is 5.78 Å². The van der Waals surface area contributed by atoms with Gasteiger partial charge in [-0.2, -0.15) is 0 Å². The van der Waals surface area contributed by atoms with Gasteiger partial charge >= 0.3 is 0 Å². The number of carbonyl (C=O) groups is 1. The predicted molar refractivity (Wildman–Crippen MR) is 82.5 cm³/mol. The minimum atomic E-state index is -0.163. The van der Waals surface area contributed by atoms with Crippen LogP contribution in [0.2, 0.25) is 0 Å². The number of hydrogen-bond acceptors (Lipinski definition) is 2. The molecule has 0 N–H and O–H groups in total. The Balaban J connectivity index is 4.06. The fourth-order valence-electron chi connectivity index (χ4n) is 2.42. The Morgan fingerprint density at radius 3 is 2.11 bits per heavy atom. The average Bonchev–Trinajstić information content (AvgIpc) is 2.43. The van der Waals surface area contributed by atoms with Crippen molar-refractivity contribution in [3.8, 4) is 0 Å². The zero-order chi connectivity index (χ0) is 14.5. The maximum absolute atomic E-state index is 12.4. The summed E-state index contributed by atoms with van der Waals surface area (Å²) in [6, 6.07) is 0. The third-order valence-corrected chi connectivity index (χ3v) is 3.81. The normalized spacial score (nSPS) is 14.3. The van der Waals surface area contributed by atoms with E-state index in [9.17, 15) is 4.79 Å². The highest BCUT2D eigenvalue weighted by Gasteiger charge is 2.24. The molecule has 0 amide bonds. The Bertz CT molecular complexity index is 213. The van der Waals surface area contributed by atoms with Gasteiger partial charge in [-0.3, -0.25) is 4.79 Å². The molecular formula is C17H34O2. The van der Waals surface area contributed by atoms with Crippen molar-refractivity contribution in [2.45, 2.75) is 91.6 Å². The molecule has 0 aliphatic carbocycles. The van der Waals surface area contributed by atoms with Crippen molar-refractivity contribution in [1.82, 2.24) is 0 Å². The largest absolute Gasteiger partial charge is 0.370 e. The Hall–Kier alpha value is -0.370. The number of ketones is 1. The molecule has 2 unspecified atom stereocenters. The summed E-state index contributed by atoms with van der Waals surface area (Å²) in [4.78, 5) is 12.4. The van der Waals surface area contributed by atoms with Gasteiger partial charge in [0.05, 0.1) is 0 Å². The number of carbonyl (C=O) groups excluding carboxylic acids is 1. The summed E-state index contributed by atoms with van der Waals surface area (Å²) in [6.07, 6.45) is 9.76. The summed E-state index contributed by atoms with van der Waals surface area (Å²) in [6.45, 7) is 9.30. The second-order valence-corrected chi connectivity index (χ2v) is 5.48. The van der Waals surface area contributed by atoms with Gasteiger partial charge in [-0.15, -0.1) is 0 Å². The molecule has 0 spiro atoms. The molecule has 2 nitrogen and oxygen atoms in total. The second kappa shape index (κ2) is 12.7. The van der Waals surface area contributed by atoms with Crippen LogP contribution in [-0.2, 0) is 9.53 Å². The molecule has 0 aromatic rings. The Morgan fingerprint density at radius 2 is 1.58 bits per heavy atom. The van der Waals surface area contributed by atoms with E-state index in [0.717, 1.165) is 38.7 Å². The molecule has 0 saturated carbocycles. The second-order valence-electron chi connectivity index (χ2n) is 5.48. The molecule has 0 saturated heterocycles. The first-order valence-corrected chi connectivity index (χ1v) is 8.36. The summed E-state index contributed by atoms with van der Waals surface area (Å²) < 4.78 is 5.81. The van der Waals surface area contributed by atoms with Crippen LogP contribution in [0.15, 0.2) is 0 Å². The third-order valence-electron chi connectivity index (χ3n) is 3.81. The van der Waals surface area contributed by atoms with Gasteiger partial charge < -0.3 is 4.74 Å². The zero-order valence-electron chi connectivity index (χ0n) is 13.5. The van der Waals surface area contributed by atoms with Gasteiger partial charge in [0.2, 0.25) is 0 Å². The van der Waals surface area contributed by atoms with E-state index < -0.39 is 0 Å². The van der Waals surface area contributed by atoms with E-state index in [-0.39, 0.29) is 12.0 Å². The van der Waals surface area contributed by atoms with Crippen LogP contribution < -0.4 is 0 Å². The number of ether oxygens (including phenoxy) is 1. The molecule has 0 bridgehead atoms. The number of rotatable bonds is 13. The number of Topliss-reactive ketones (excluding diaryl/α,β-unsaturated/α-hetero) is 1. The lowest BCUT2D eigenvalue weighted by atomic mass is 9.91. The highest BCUT2D eigenvalue weighted by atomic mass is 16.5. The zero-order valence-corrected chi connectivity index (χ0v) is 13.5. The van der Waals surface area contributed by atoms with Crippen LogP contribution >= 0.6 is 0 Å². The maximum Gasteiger partial charge on any atom is 0.164 e. The molecule has 0 aromatic carbocycles. The summed E-state index contributed by atoms with van der Waals surface area (Å²) in [5, 5.41) is 0. The van der Waals surface area contributed by atoms with Gasteiger partial charge in [0.25, 0.3) is 0 Å². The van der Waals surface area contributed by atoms with Crippen LogP contribution in [0.5, 0.6) is 0 Å². The first-order chi connectivity index (χ1) is 9.21. The van der Waals surface area contributed by atoms with E-state index in [2.05, 4.69) is 27.7 Å². The molecule has 0 fully saturated rings. The fraction of sp³-hybridized carbons (Fsp3) is 0.941. The molecule has 2 heteroatoms. The van der Waals surface area contributed by atoms with Crippen molar-refractivity contribution >= 4 is 5.78 Å². The van der Waals surface area contributed by atoms with E-state index in [1.807, 2.05) is 0 Å². The molecule has 114 valence electrons. The summed E-state index contributed by atoms with van der Waals surface area (Å²) in [5.74, 6) is 0.550. The van der Waals surface area contributed by atoms with Crippen molar-refractivity contribution in [1.29, 1.82) is 0 Å². The van der Waals surface area contributed by atoms with Crippen molar-refractivity contribution in [2.75, 3.05) is 6.61 Å². The van der Waals surface area contributed by atoms with Crippen LogP contribution in [-0.4, -0.2) is 18.5 Å². The van der Waals surface area contributed by atoms with Crippen molar-refractivity contribution in [3.63, 3.8) is 0 Å². The Kier molecular flexibility index (Phi) is 12.4.